The van der Waals surface area contributed by atoms with E-state index in [1.807, 2.05) is 0 Å². The zero-order valence-corrected chi connectivity index (χ0v) is 11.6. The number of hydrogen-bond acceptors (Lipinski definition) is 3. The normalized spacial score (nSPS) is 22.3. The molecule has 0 amide bonds. The fourth-order valence-corrected chi connectivity index (χ4v) is 3.03. The van der Waals surface area contributed by atoms with Gasteiger partial charge in [0, 0.05) is 32.8 Å². The lowest BCUT2D eigenvalue weighted by atomic mass is 9.95. The quantitative estimate of drug-likeness (QED) is 0.886. The molecular weight excluding hydrogens is 224 g/mol. The predicted molar refractivity (Wildman–Crippen MR) is 74.7 cm³/mol. The summed E-state index contributed by atoms with van der Waals surface area (Å²) in [6, 6.07) is 6.79. The predicted octanol–water partition coefficient (Wildman–Crippen LogP) is 2.02. The lowest BCUT2D eigenvalue weighted by Gasteiger charge is -2.29. The molecule has 1 heterocycles. The van der Waals surface area contributed by atoms with Gasteiger partial charge >= 0.3 is 0 Å². The van der Waals surface area contributed by atoms with Crippen LogP contribution < -0.4 is 5.73 Å². The molecule has 0 aliphatic carbocycles. The van der Waals surface area contributed by atoms with E-state index in [1.54, 1.807) is 7.11 Å². The smallest absolute Gasteiger partial charge is 0.0710 e. The van der Waals surface area contributed by atoms with Crippen LogP contribution in [0.3, 0.4) is 0 Å². The second kappa shape index (κ2) is 5.83. The number of aryl methyl sites for hydroxylation is 2. The summed E-state index contributed by atoms with van der Waals surface area (Å²) >= 11 is 0. The van der Waals surface area contributed by atoms with Crippen LogP contribution in [0.1, 0.15) is 29.2 Å². The van der Waals surface area contributed by atoms with Crippen LogP contribution in [0.15, 0.2) is 18.2 Å². The zero-order chi connectivity index (χ0) is 13.1. The van der Waals surface area contributed by atoms with E-state index in [-0.39, 0.29) is 0 Å². The summed E-state index contributed by atoms with van der Waals surface area (Å²) in [6.45, 7) is 7.09. The Morgan fingerprint density at radius 1 is 1.39 bits per heavy atom. The summed E-state index contributed by atoms with van der Waals surface area (Å²) < 4.78 is 5.45. The minimum atomic E-state index is 0.325. The Labute approximate surface area is 110 Å². The number of likely N-dealkylation sites (tertiary alicyclic amines) is 1. The number of ether oxygens (including phenoxy) is 1. The number of methoxy groups -OCH3 is 1. The maximum Gasteiger partial charge on any atom is 0.0710 e. The Balaban J connectivity index is 2.23. The standard InChI is InChI=1S/C15H24N2O/c1-11-5-4-6-12(2)15(11)14(9-16)17-8-7-13(10-17)18-3/h4-6,13-14H,7-10,16H2,1-3H3. The Morgan fingerprint density at radius 2 is 2.06 bits per heavy atom. The molecule has 1 aromatic rings. The van der Waals surface area contributed by atoms with Crippen LogP contribution in [-0.2, 0) is 4.74 Å². The molecule has 2 N–H and O–H groups in total. The topological polar surface area (TPSA) is 38.5 Å². The Kier molecular flexibility index (Phi) is 4.38. The van der Waals surface area contributed by atoms with E-state index in [2.05, 4.69) is 36.9 Å². The maximum atomic E-state index is 6.03. The van der Waals surface area contributed by atoms with E-state index in [1.165, 1.54) is 16.7 Å². The molecule has 2 rings (SSSR count). The Bertz CT molecular complexity index is 385. The maximum absolute atomic E-state index is 6.03. The van der Waals surface area contributed by atoms with Crippen molar-refractivity contribution in [2.24, 2.45) is 5.73 Å². The van der Waals surface area contributed by atoms with Crippen molar-refractivity contribution in [3.8, 4) is 0 Å². The first kappa shape index (κ1) is 13.5. The van der Waals surface area contributed by atoms with E-state index in [4.69, 9.17) is 10.5 Å². The lowest BCUT2D eigenvalue weighted by molar-refractivity contribution is 0.101. The van der Waals surface area contributed by atoms with Crippen molar-refractivity contribution in [3.05, 3.63) is 34.9 Å². The van der Waals surface area contributed by atoms with Crippen LogP contribution in [0.4, 0.5) is 0 Å². The van der Waals surface area contributed by atoms with E-state index >= 15 is 0 Å². The lowest BCUT2D eigenvalue weighted by Crippen LogP contribution is -2.33. The third-order valence-electron chi connectivity index (χ3n) is 4.05. The van der Waals surface area contributed by atoms with Crippen molar-refractivity contribution >= 4 is 0 Å². The summed E-state index contributed by atoms with van der Waals surface area (Å²) in [7, 11) is 1.80. The molecule has 2 unspecified atom stereocenters. The second-order valence-electron chi connectivity index (χ2n) is 5.20. The van der Waals surface area contributed by atoms with Gasteiger partial charge < -0.3 is 10.5 Å². The molecule has 1 aliphatic rings. The van der Waals surface area contributed by atoms with Crippen molar-refractivity contribution in [1.29, 1.82) is 0 Å². The molecule has 2 atom stereocenters. The van der Waals surface area contributed by atoms with Crippen molar-refractivity contribution in [3.63, 3.8) is 0 Å². The molecule has 1 aromatic carbocycles. The Morgan fingerprint density at radius 3 is 2.56 bits per heavy atom. The van der Waals surface area contributed by atoms with Gasteiger partial charge in [-0.1, -0.05) is 18.2 Å². The van der Waals surface area contributed by atoms with Crippen LogP contribution in [0.5, 0.6) is 0 Å². The van der Waals surface area contributed by atoms with E-state index < -0.39 is 0 Å². The molecular formula is C15H24N2O. The van der Waals surface area contributed by atoms with Gasteiger partial charge in [-0.25, -0.2) is 0 Å². The SMILES string of the molecule is COC1CCN(C(CN)c2c(C)cccc2C)C1. The fourth-order valence-electron chi connectivity index (χ4n) is 3.03. The third kappa shape index (κ3) is 2.58. The Hall–Kier alpha value is -0.900. The molecule has 3 nitrogen and oxygen atoms in total. The summed E-state index contributed by atoms with van der Waals surface area (Å²) in [5.41, 5.74) is 10.1. The van der Waals surface area contributed by atoms with Crippen LogP contribution in [0.25, 0.3) is 0 Å². The number of nitrogens with zero attached hydrogens (tertiary/aromatic N) is 1. The summed E-state index contributed by atoms with van der Waals surface area (Å²) in [6.07, 6.45) is 1.47. The first-order valence-corrected chi connectivity index (χ1v) is 6.70. The average Bonchev–Trinajstić information content (AvgIpc) is 2.82. The molecule has 0 saturated carbocycles. The first-order valence-electron chi connectivity index (χ1n) is 6.70. The van der Waals surface area contributed by atoms with Gasteiger partial charge in [0.05, 0.1) is 6.10 Å². The fraction of sp³-hybridized carbons (Fsp3) is 0.600. The van der Waals surface area contributed by atoms with E-state index in [9.17, 15) is 0 Å². The first-order chi connectivity index (χ1) is 8.67. The molecule has 1 saturated heterocycles. The van der Waals surface area contributed by atoms with Crippen molar-refractivity contribution in [2.75, 3.05) is 26.7 Å². The van der Waals surface area contributed by atoms with Crippen molar-refractivity contribution in [2.45, 2.75) is 32.4 Å². The van der Waals surface area contributed by atoms with Crippen LogP contribution >= 0.6 is 0 Å². The minimum absolute atomic E-state index is 0.325. The minimum Gasteiger partial charge on any atom is -0.380 e. The van der Waals surface area contributed by atoms with Crippen LogP contribution in [0.2, 0.25) is 0 Å². The molecule has 100 valence electrons. The number of benzene rings is 1. The zero-order valence-electron chi connectivity index (χ0n) is 11.6. The highest BCUT2D eigenvalue weighted by molar-refractivity contribution is 5.36. The number of rotatable bonds is 4. The molecule has 1 aliphatic heterocycles. The van der Waals surface area contributed by atoms with Crippen LogP contribution in [0, 0.1) is 13.8 Å². The van der Waals surface area contributed by atoms with Gasteiger partial charge in [-0.2, -0.15) is 0 Å². The highest BCUT2D eigenvalue weighted by Gasteiger charge is 2.29. The second-order valence-corrected chi connectivity index (χ2v) is 5.20. The number of nitrogens with two attached hydrogens (primary N) is 1. The molecule has 0 spiro atoms. The summed E-state index contributed by atoms with van der Waals surface area (Å²) in [5.74, 6) is 0. The third-order valence-corrected chi connectivity index (χ3v) is 4.05. The van der Waals surface area contributed by atoms with Gasteiger partial charge in [0.2, 0.25) is 0 Å². The monoisotopic (exact) mass is 248 g/mol. The molecule has 0 bridgehead atoms. The van der Waals surface area contributed by atoms with Gasteiger partial charge in [0.1, 0.15) is 0 Å². The van der Waals surface area contributed by atoms with Gasteiger partial charge in [0.15, 0.2) is 0 Å². The van der Waals surface area contributed by atoms with Gasteiger partial charge in [0.25, 0.3) is 0 Å². The molecule has 0 aromatic heterocycles. The van der Waals surface area contributed by atoms with Gasteiger partial charge in [-0.05, 0) is 37.0 Å². The van der Waals surface area contributed by atoms with Gasteiger partial charge in [-0.15, -0.1) is 0 Å². The molecule has 0 radical (unpaired) electrons. The van der Waals surface area contributed by atoms with E-state index in [0.29, 0.717) is 18.7 Å². The highest BCUT2D eigenvalue weighted by Crippen LogP contribution is 2.29. The number of hydrogen-bond donors (Lipinski definition) is 1. The van der Waals surface area contributed by atoms with Crippen molar-refractivity contribution in [1.82, 2.24) is 4.90 Å². The van der Waals surface area contributed by atoms with Crippen LogP contribution in [-0.4, -0.2) is 37.7 Å². The highest BCUT2D eigenvalue weighted by atomic mass is 16.5. The molecule has 1 fully saturated rings. The molecule has 3 heteroatoms. The van der Waals surface area contributed by atoms with Crippen molar-refractivity contribution < 1.29 is 4.74 Å². The summed E-state index contributed by atoms with van der Waals surface area (Å²) in [5, 5.41) is 0. The summed E-state index contributed by atoms with van der Waals surface area (Å²) in [4.78, 5) is 2.46. The average molecular weight is 248 g/mol. The van der Waals surface area contributed by atoms with E-state index in [0.717, 1.165) is 19.5 Å². The van der Waals surface area contributed by atoms with Gasteiger partial charge in [-0.3, -0.25) is 4.90 Å². The largest absolute Gasteiger partial charge is 0.380 e. The molecule has 18 heavy (non-hydrogen) atoms.